The van der Waals surface area contributed by atoms with Gasteiger partial charge >= 0.3 is 5.97 Å². The van der Waals surface area contributed by atoms with Gasteiger partial charge in [0, 0.05) is 30.6 Å². The van der Waals surface area contributed by atoms with Crippen molar-refractivity contribution >= 4 is 23.6 Å². The van der Waals surface area contributed by atoms with E-state index in [9.17, 15) is 14.4 Å². The largest absolute Gasteiger partial charge is 0.481 e. The second-order valence-electron chi connectivity index (χ2n) is 9.86. The Labute approximate surface area is 206 Å². The third-order valence-electron chi connectivity index (χ3n) is 6.78. The van der Waals surface area contributed by atoms with E-state index in [4.69, 9.17) is 16.2 Å². The number of piperidine rings is 1. The molecule has 3 rings (SSSR count). The quantitative estimate of drug-likeness (QED) is 0.340. The lowest BCUT2D eigenvalue weighted by atomic mass is 9.78. The lowest BCUT2D eigenvalue weighted by Crippen LogP contribution is -2.51. The molecule has 2 amide bonds. The highest BCUT2D eigenvalue weighted by atomic mass is 16.4. The van der Waals surface area contributed by atoms with Crippen LogP contribution in [0.5, 0.6) is 0 Å². The Morgan fingerprint density at radius 1 is 1.06 bits per heavy atom. The van der Waals surface area contributed by atoms with Gasteiger partial charge in [0.05, 0.1) is 11.5 Å². The van der Waals surface area contributed by atoms with Crippen LogP contribution in [0.1, 0.15) is 66.2 Å². The van der Waals surface area contributed by atoms with Gasteiger partial charge in [0.2, 0.25) is 5.91 Å². The molecule has 1 fully saturated rings. The fraction of sp³-hybridized carbons (Fsp3) is 0.407. The van der Waals surface area contributed by atoms with Crippen molar-refractivity contribution in [3.05, 3.63) is 70.8 Å². The van der Waals surface area contributed by atoms with Crippen molar-refractivity contribution in [2.45, 2.75) is 46.1 Å². The van der Waals surface area contributed by atoms with Gasteiger partial charge in [0.15, 0.2) is 0 Å². The number of rotatable bonds is 8. The highest BCUT2D eigenvalue weighted by molar-refractivity contribution is 5.98. The number of carboxylic acid groups (broad SMARTS) is 1. The number of hydrogen-bond acceptors (Lipinski definition) is 4. The number of amidine groups is 1. The van der Waals surface area contributed by atoms with Gasteiger partial charge in [-0.2, -0.15) is 0 Å². The standard InChI is InChI=1S/C27H34N4O4/c1-17-4-6-19(7-5-17)23(30-25(34)21-10-8-20(9-11-21)24(28)29)27(2,3)26(35)31-14-12-18(13-15-31)16-22(32)33/h4-11,18,23H,12-16H2,1-3H3,(H3,28,29)(H,30,34)(H,32,33). The third kappa shape index (κ3) is 6.26. The molecule has 186 valence electrons. The van der Waals surface area contributed by atoms with Gasteiger partial charge in [-0.15, -0.1) is 0 Å². The molecule has 0 spiro atoms. The van der Waals surface area contributed by atoms with Crippen LogP contribution in [0, 0.1) is 23.7 Å². The van der Waals surface area contributed by atoms with Crippen LogP contribution in [0.3, 0.4) is 0 Å². The lowest BCUT2D eigenvalue weighted by Gasteiger charge is -2.40. The first kappa shape index (κ1) is 25.9. The van der Waals surface area contributed by atoms with Crippen LogP contribution in [0.4, 0.5) is 0 Å². The van der Waals surface area contributed by atoms with Gasteiger partial charge in [-0.3, -0.25) is 19.8 Å². The summed E-state index contributed by atoms with van der Waals surface area (Å²) in [6.07, 6.45) is 1.42. The minimum Gasteiger partial charge on any atom is -0.481 e. The molecule has 0 saturated carbocycles. The molecule has 0 bridgehead atoms. The van der Waals surface area contributed by atoms with Crippen molar-refractivity contribution in [1.29, 1.82) is 5.41 Å². The summed E-state index contributed by atoms with van der Waals surface area (Å²) in [7, 11) is 0. The molecular weight excluding hydrogens is 444 g/mol. The summed E-state index contributed by atoms with van der Waals surface area (Å²) >= 11 is 0. The maximum atomic E-state index is 13.7. The van der Waals surface area contributed by atoms with Gasteiger partial charge in [-0.25, -0.2) is 0 Å². The van der Waals surface area contributed by atoms with E-state index >= 15 is 0 Å². The monoisotopic (exact) mass is 478 g/mol. The van der Waals surface area contributed by atoms with E-state index in [1.54, 1.807) is 29.2 Å². The molecule has 1 heterocycles. The van der Waals surface area contributed by atoms with Crippen LogP contribution in [0.15, 0.2) is 48.5 Å². The number of nitrogens with one attached hydrogen (secondary N) is 2. The van der Waals surface area contributed by atoms with E-state index in [0.29, 0.717) is 37.1 Å². The average Bonchev–Trinajstić information content (AvgIpc) is 2.82. The minimum absolute atomic E-state index is 0.0743. The molecule has 1 saturated heterocycles. The SMILES string of the molecule is Cc1ccc(C(NC(=O)c2ccc(C(=N)N)cc2)C(C)(C)C(=O)N2CCC(CC(=O)O)CC2)cc1. The summed E-state index contributed by atoms with van der Waals surface area (Å²) in [5.41, 5.74) is 7.39. The number of carbonyl (C=O) groups is 3. The Morgan fingerprint density at radius 3 is 2.11 bits per heavy atom. The van der Waals surface area contributed by atoms with Crippen LogP contribution in [0.25, 0.3) is 0 Å². The molecule has 0 radical (unpaired) electrons. The molecule has 1 aliphatic rings. The second kappa shape index (κ2) is 10.7. The number of nitrogens with zero attached hydrogens (tertiary/aromatic N) is 1. The Hall–Kier alpha value is -3.68. The van der Waals surface area contributed by atoms with E-state index in [2.05, 4.69) is 5.32 Å². The number of hydrogen-bond donors (Lipinski definition) is 4. The molecule has 8 nitrogen and oxygen atoms in total. The van der Waals surface area contributed by atoms with Crippen LogP contribution in [0.2, 0.25) is 0 Å². The summed E-state index contributed by atoms with van der Waals surface area (Å²) < 4.78 is 0. The summed E-state index contributed by atoms with van der Waals surface area (Å²) in [5.74, 6) is -1.22. The van der Waals surface area contributed by atoms with Crippen LogP contribution < -0.4 is 11.1 Å². The summed E-state index contributed by atoms with van der Waals surface area (Å²) in [6, 6.07) is 13.6. The Morgan fingerprint density at radius 2 is 1.60 bits per heavy atom. The number of carbonyl (C=O) groups excluding carboxylic acids is 2. The summed E-state index contributed by atoms with van der Waals surface area (Å²) in [4.78, 5) is 39.7. The maximum Gasteiger partial charge on any atom is 0.303 e. The number of nitrogens with two attached hydrogens (primary N) is 1. The molecule has 1 aliphatic heterocycles. The van der Waals surface area contributed by atoms with Crippen molar-refractivity contribution in [1.82, 2.24) is 10.2 Å². The number of aryl methyl sites for hydroxylation is 1. The number of likely N-dealkylation sites (tertiary alicyclic amines) is 1. The smallest absolute Gasteiger partial charge is 0.303 e. The molecule has 1 unspecified atom stereocenters. The molecule has 1 atom stereocenters. The second-order valence-corrected chi connectivity index (χ2v) is 9.86. The first-order chi connectivity index (χ1) is 16.5. The number of aliphatic carboxylic acids is 1. The fourth-order valence-corrected chi connectivity index (χ4v) is 4.57. The number of carboxylic acids is 1. The highest BCUT2D eigenvalue weighted by Crippen LogP contribution is 2.37. The Bertz CT molecular complexity index is 1090. The van der Waals surface area contributed by atoms with Gasteiger partial charge in [0.1, 0.15) is 5.84 Å². The fourth-order valence-electron chi connectivity index (χ4n) is 4.57. The first-order valence-electron chi connectivity index (χ1n) is 11.8. The van der Waals surface area contributed by atoms with E-state index in [-0.39, 0.29) is 30.0 Å². The predicted octanol–water partition coefficient (Wildman–Crippen LogP) is 3.49. The van der Waals surface area contributed by atoms with Crippen LogP contribution >= 0.6 is 0 Å². The Balaban J connectivity index is 1.83. The molecule has 2 aromatic rings. The average molecular weight is 479 g/mol. The van der Waals surface area contributed by atoms with Crippen molar-refractivity contribution in [3.8, 4) is 0 Å². The van der Waals surface area contributed by atoms with Crippen molar-refractivity contribution in [2.24, 2.45) is 17.1 Å². The third-order valence-corrected chi connectivity index (χ3v) is 6.78. The molecule has 8 heteroatoms. The summed E-state index contributed by atoms with van der Waals surface area (Å²) in [5, 5.41) is 19.7. The maximum absolute atomic E-state index is 13.7. The van der Waals surface area contributed by atoms with Crippen molar-refractivity contribution in [3.63, 3.8) is 0 Å². The summed E-state index contributed by atoms with van der Waals surface area (Å²) in [6.45, 7) is 6.65. The van der Waals surface area contributed by atoms with Gasteiger partial charge in [0.25, 0.3) is 5.91 Å². The van der Waals surface area contributed by atoms with Gasteiger partial charge in [-0.05, 0) is 57.2 Å². The lowest BCUT2D eigenvalue weighted by molar-refractivity contribution is -0.144. The van der Waals surface area contributed by atoms with Crippen LogP contribution in [-0.4, -0.2) is 46.7 Å². The number of nitrogen functional groups attached to an aromatic ring is 1. The number of benzene rings is 2. The van der Waals surface area contributed by atoms with E-state index in [0.717, 1.165) is 11.1 Å². The van der Waals surface area contributed by atoms with Gasteiger partial charge in [-0.1, -0.05) is 42.0 Å². The molecule has 0 aliphatic carbocycles. The normalized spacial score (nSPS) is 15.3. The zero-order valence-corrected chi connectivity index (χ0v) is 20.5. The van der Waals surface area contributed by atoms with E-state index in [1.807, 2.05) is 45.0 Å². The minimum atomic E-state index is -0.954. The van der Waals surface area contributed by atoms with Crippen LogP contribution in [-0.2, 0) is 9.59 Å². The van der Waals surface area contributed by atoms with Gasteiger partial charge < -0.3 is 21.1 Å². The first-order valence-corrected chi connectivity index (χ1v) is 11.8. The predicted molar refractivity (Wildman–Crippen MR) is 134 cm³/mol. The van der Waals surface area contributed by atoms with E-state index in [1.165, 1.54) is 0 Å². The Kier molecular flexibility index (Phi) is 7.94. The topological polar surface area (TPSA) is 137 Å². The molecule has 2 aromatic carbocycles. The van der Waals surface area contributed by atoms with E-state index < -0.39 is 17.4 Å². The van der Waals surface area contributed by atoms with Crippen molar-refractivity contribution < 1.29 is 19.5 Å². The number of amides is 2. The molecule has 5 N–H and O–H groups in total. The molecule has 35 heavy (non-hydrogen) atoms. The zero-order valence-electron chi connectivity index (χ0n) is 20.5. The zero-order chi connectivity index (χ0) is 25.8. The highest BCUT2D eigenvalue weighted by Gasteiger charge is 2.42. The molecule has 0 aromatic heterocycles. The van der Waals surface area contributed by atoms with Crippen molar-refractivity contribution in [2.75, 3.05) is 13.1 Å². The molecular formula is C27H34N4O4.